The summed E-state index contributed by atoms with van der Waals surface area (Å²) >= 11 is 0. The zero-order chi connectivity index (χ0) is 17.6. The van der Waals surface area contributed by atoms with E-state index in [1.165, 1.54) is 35.1 Å². The van der Waals surface area contributed by atoms with E-state index in [0.717, 1.165) is 13.1 Å². The van der Waals surface area contributed by atoms with Crippen molar-refractivity contribution in [1.82, 2.24) is 10.6 Å². The average molecular weight is 342 g/mol. The molecule has 0 aliphatic carbocycles. The molecule has 2 heteroatoms. The first-order valence-electron chi connectivity index (χ1n) is 9.56. The maximum Gasteiger partial charge on any atom is 0.0476 e. The number of rotatable bonds is 5. The summed E-state index contributed by atoms with van der Waals surface area (Å²) in [6, 6.07) is 31.1. The molecule has 1 aliphatic rings. The molecule has 26 heavy (non-hydrogen) atoms. The van der Waals surface area contributed by atoms with Crippen LogP contribution in [-0.2, 0) is 6.54 Å². The Morgan fingerprint density at radius 3 is 2.15 bits per heavy atom. The van der Waals surface area contributed by atoms with Crippen LogP contribution in [0.2, 0.25) is 0 Å². The van der Waals surface area contributed by atoms with E-state index >= 15 is 0 Å². The number of benzene rings is 3. The third-order valence-electron chi connectivity index (χ3n) is 5.25. The molecule has 3 aromatic carbocycles. The molecule has 0 spiro atoms. The predicted octanol–water partition coefficient (Wildman–Crippen LogP) is 4.94. The van der Waals surface area contributed by atoms with E-state index in [-0.39, 0.29) is 0 Å². The minimum Gasteiger partial charge on any atom is -0.309 e. The maximum atomic E-state index is 3.77. The van der Waals surface area contributed by atoms with Gasteiger partial charge in [-0.15, -0.1) is 0 Å². The molecule has 0 radical (unpaired) electrons. The van der Waals surface area contributed by atoms with Crippen LogP contribution in [0.5, 0.6) is 0 Å². The van der Waals surface area contributed by atoms with Gasteiger partial charge in [0.05, 0.1) is 0 Å². The molecule has 1 saturated heterocycles. The Labute approximate surface area is 156 Å². The Kier molecular flexibility index (Phi) is 5.44. The first-order valence-corrected chi connectivity index (χ1v) is 9.56. The standard InChI is InChI=1S/C24H26N2/c1-3-8-19(9-4-1)18-26-23-12-7-17-25-24(23)22-15-13-21(14-16-22)20-10-5-2-6-11-20/h1-6,8-11,13-16,23-26H,7,12,17-18H2. The molecule has 132 valence electrons. The molecule has 0 aromatic heterocycles. The Hall–Kier alpha value is -2.42. The lowest BCUT2D eigenvalue weighted by atomic mass is 9.91. The molecule has 1 aliphatic heterocycles. The lowest BCUT2D eigenvalue weighted by Gasteiger charge is -2.34. The van der Waals surface area contributed by atoms with Gasteiger partial charge in [-0.2, -0.15) is 0 Å². The van der Waals surface area contributed by atoms with Crippen LogP contribution in [0.1, 0.15) is 30.0 Å². The molecule has 3 aromatic rings. The fourth-order valence-electron chi connectivity index (χ4n) is 3.82. The number of hydrogen-bond donors (Lipinski definition) is 2. The van der Waals surface area contributed by atoms with Gasteiger partial charge in [0.1, 0.15) is 0 Å². The summed E-state index contributed by atoms with van der Waals surface area (Å²) in [7, 11) is 0. The molecular formula is C24H26N2. The molecule has 0 bridgehead atoms. The van der Waals surface area contributed by atoms with Crippen LogP contribution < -0.4 is 10.6 Å². The predicted molar refractivity (Wildman–Crippen MR) is 109 cm³/mol. The van der Waals surface area contributed by atoms with Gasteiger partial charge in [0.15, 0.2) is 0 Å². The Balaban J connectivity index is 1.47. The molecule has 0 saturated carbocycles. The molecule has 1 fully saturated rings. The molecule has 2 unspecified atom stereocenters. The fraction of sp³-hybridized carbons (Fsp3) is 0.250. The summed E-state index contributed by atoms with van der Waals surface area (Å²) < 4.78 is 0. The second-order valence-electron chi connectivity index (χ2n) is 7.04. The maximum absolute atomic E-state index is 3.77. The van der Waals surface area contributed by atoms with Gasteiger partial charge in [-0.1, -0.05) is 84.9 Å². The monoisotopic (exact) mass is 342 g/mol. The van der Waals surface area contributed by atoms with Crippen LogP contribution >= 0.6 is 0 Å². The molecule has 4 rings (SSSR count). The van der Waals surface area contributed by atoms with Crippen molar-refractivity contribution in [3.63, 3.8) is 0 Å². The van der Waals surface area contributed by atoms with Crippen molar-refractivity contribution in [2.24, 2.45) is 0 Å². The van der Waals surface area contributed by atoms with Crippen molar-refractivity contribution in [2.75, 3.05) is 6.54 Å². The Morgan fingerprint density at radius 1 is 0.769 bits per heavy atom. The largest absolute Gasteiger partial charge is 0.309 e. The van der Waals surface area contributed by atoms with Crippen molar-refractivity contribution >= 4 is 0 Å². The zero-order valence-corrected chi connectivity index (χ0v) is 15.1. The van der Waals surface area contributed by atoms with E-state index in [0.29, 0.717) is 12.1 Å². The Bertz CT molecular complexity index is 797. The minimum atomic E-state index is 0.372. The smallest absolute Gasteiger partial charge is 0.0476 e. The van der Waals surface area contributed by atoms with E-state index in [4.69, 9.17) is 0 Å². The van der Waals surface area contributed by atoms with Crippen molar-refractivity contribution in [3.8, 4) is 11.1 Å². The second-order valence-corrected chi connectivity index (χ2v) is 7.04. The summed E-state index contributed by atoms with van der Waals surface area (Å²) in [5, 5.41) is 7.49. The molecular weight excluding hydrogens is 316 g/mol. The van der Waals surface area contributed by atoms with Gasteiger partial charge in [-0.05, 0) is 41.6 Å². The molecule has 2 atom stereocenters. The van der Waals surface area contributed by atoms with Gasteiger partial charge in [0, 0.05) is 18.6 Å². The normalized spacial score (nSPS) is 20.0. The van der Waals surface area contributed by atoms with Gasteiger partial charge in [0.25, 0.3) is 0 Å². The van der Waals surface area contributed by atoms with E-state index in [2.05, 4.69) is 95.6 Å². The third-order valence-corrected chi connectivity index (χ3v) is 5.25. The minimum absolute atomic E-state index is 0.372. The van der Waals surface area contributed by atoms with Gasteiger partial charge >= 0.3 is 0 Å². The van der Waals surface area contributed by atoms with Crippen molar-refractivity contribution in [2.45, 2.75) is 31.5 Å². The summed E-state index contributed by atoms with van der Waals surface area (Å²) in [6.07, 6.45) is 2.44. The topological polar surface area (TPSA) is 24.1 Å². The summed E-state index contributed by atoms with van der Waals surface area (Å²) in [5.41, 5.74) is 5.26. The van der Waals surface area contributed by atoms with Crippen molar-refractivity contribution in [3.05, 3.63) is 96.1 Å². The summed E-state index contributed by atoms with van der Waals surface area (Å²) in [6.45, 7) is 2.01. The summed E-state index contributed by atoms with van der Waals surface area (Å²) in [5.74, 6) is 0. The fourth-order valence-corrected chi connectivity index (χ4v) is 3.82. The molecule has 2 nitrogen and oxygen atoms in total. The van der Waals surface area contributed by atoms with Crippen LogP contribution in [-0.4, -0.2) is 12.6 Å². The van der Waals surface area contributed by atoms with Crippen LogP contribution in [0, 0.1) is 0 Å². The van der Waals surface area contributed by atoms with Gasteiger partial charge in [0.2, 0.25) is 0 Å². The van der Waals surface area contributed by atoms with E-state index in [1.807, 2.05) is 0 Å². The van der Waals surface area contributed by atoms with E-state index in [9.17, 15) is 0 Å². The molecule has 1 heterocycles. The third kappa shape index (κ3) is 4.04. The van der Waals surface area contributed by atoms with Gasteiger partial charge in [-0.25, -0.2) is 0 Å². The lowest BCUT2D eigenvalue weighted by Crippen LogP contribution is -2.45. The van der Waals surface area contributed by atoms with Crippen LogP contribution in [0.25, 0.3) is 11.1 Å². The first kappa shape index (κ1) is 17.0. The van der Waals surface area contributed by atoms with E-state index in [1.54, 1.807) is 0 Å². The SMILES string of the molecule is c1ccc(CNC2CCCNC2c2ccc(-c3ccccc3)cc2)cc1. The van der Waals surface area contributed by atoms with Crippen molar-refractivity contribution in [1.29, 1.82) is 0 Å². The quantitative estimate of drug-likeness (QED) is 0.686. The molecule has 0 amide bonds. The van der Waals surface area contributed by atoms with E-state index < -0.39 is 0 Å². The summed E-state index contributed by atoms with van der Waals surface area (Å²) in [4.78, 5) is 0. The highest BCUT2D eigenvalue weighted by atomic mass is 15.0. The van der Waals surface area contributed by atoms with Crippen LogP contribution in [0.4, 0.5) is 0 Å². The van der Waals surface area contributed by atoms with Crippen LogP contribution in [0.3, 0.4) is 0 Å². The number of piperidine rings is 1. The van der Waals surface area contributed by atoms with Gasteiger partial charge < -0.3 is 10.6 Å². The number of nitrogens with one attached hydrogen (secondary N) is 2. The highest BCUT2D eigenvalue weighted by Crippen LogP contribution is 2.27. The number of hydrogen-bond acceptors (Lipinski definition) is 2. The molecule has 2 N–H and O–H groups in total. The highest BCUT2D eigenvalue weighted by molar-refractivity contribution is 5.63. The zero-order valence-electron chi connectivity index (χ0n) is 15.1. The van der Waals surface area contributed by atoms with Crippen LogP contribution in [0.15, 0.2) is 84.9 Å². The lowest BCUT2D eigenvalue weighted by molar-refractivity contribution is 0.304. The second kappa shape index (κ2) is 8.31. The average Bonchev–Trinajstić information content (AvgIpc) is 2.74. The highest BCUT2D eigenvalue weighted by Gasteiger charge is 2.25. The Morgan fingerprint density at radius 2 is 1.42 bits per heavy atom. The van der Waals surface area contributed by atoms with Crippen molar-refractivity contribution < 1.29 is 0 Å². The van der Waals surface area contributed by atoms with Gasteiger partial charge in [-0.3, -0.25) is 0 Å². The first-order chi connectivity index (χ1) is 12.9.